The molecule has 3 aromatic rings. The molecule has 2 aromatic carbocycles. The van der Waals surface area contributed by atoms with E-state index in [0.29, 0.717) is 23.4 Å². The van der Waals surface area contributed by atoms with E-state index in [9.17, 15) is 17.6 Å². The van der Waals surface area contributed by atoms with E-state index in [2.05, 4.69) is 4.99 Å². The van der Waals surface area contributed by atoms with Gasteiger partial charge >= 0.3 is 0 Å². The van der Waals surface area contributed by atoms with Gasteiger partial charge in [-0.05, 0) is 24.3 Å². The number of thiazole rings is 1. The van der Waals surface area contributed by atoms with Crippen LogP contribution in [0.3, 0.4) is 0 Å². The summed E-state index contributed by atoms with van der Waals surface area (Å²) in [6.45, 7) is 0.610. The number of para-hydroxylation sites is 1. The molecule has 0 saturated carbocycles. The molecule has 9 heteroatoms. The number of ether oxygens (including phenoxy) is 1. The van der Waals surface area contributed by atoms with Crippen molar-refractivity contribution in [2.24, 2.45) is 4.99 Å². The van der Waals surface area contributed by atoms with E-state index in [1.807, 2.05) is 0 Å². The summed E-state index contributed by atoms with van der Waals surface area (Å²) in [5, 5.41) is 0. The molecule has 1 aromatic heterocycles. The summed E-state index contributed by atoms with van der Waals surface area (Å²) in [5.41, 5.74) is 0.318. The fraction of sp³-hybridized carbons (Fsp3) is 0.222. The second kappa shape index (κ2) is 7.71. The van der Waals surface area contributed by atoms with Crippen molar-refractivity contribution < 1.29 is 22.3 Å². The van der Waals surface area contributed by atoms with Crippen molar-refractivity contribution in [3.8, 4) is 0 Å². The highest BCUT2D eigenvalue weighted by atomic mass is 32.2. The lowest BCUT2D eigenvalue weighted by Crippen LogP contribution is -2.20. The Morgan fingerprint density at radius 2 is 1.96 bits per heavy atom. The molecule has 1 heterocycles. The van der Waals surface area contributed by atoms with E-state index in [0.717, 1.165) is 17.6 Å². The molecular weight excluding hydrogens is 391 g/mol. The number of fused-ring (bicyclic) bond motifs is 1. The minimum atomic E-state index is -3.59. The zero-order valence-electron chi connectivity index (χ0n) is 14.7. The molecule has 0 unspecified atom stereocenters. The summed E-state index contributed by atoms with van der Waals surface area (Å²) in [4.78, 5) is 17.0. The Hall–Kier alpha value is -2.36. The van der Waals surface area contributed by atoms with Crippen LogP contribution in [0.2, 0.25) is 0 Å². The molecule has 0 bridgehead atoms. The van der Waals surface area contributed by atoms with Crippen LogP contribution >= 0.6 is 11.3 Å². The standard InChI is InChI=1S/C18H17FN2O4S2/c1-25-11-10-21-16-13(19)7-5-8-14(16)26-18(21)20-17(22)12-6-3-4-9-15(12)27(2,23)24/h3-9H,10-11H2,1-2H3. The third-order valence-corrected chi connectivity index (χ3v) is 6.08. The number of benzene rings is 2. The Morgan fingerprint density at radius 3 is 2.67 bits per heavy atom. The molecule has 0 saturated heterocycles. The monoisotopic (exact) mass is 408 g/mol. The third-order valence-electron chi connectivity index (χ3n) is 3.88. The van der Waals surface area contributed by atoms with Gasteiger partial charge in [-0.1, -0.05) is 29.5 Å². The maximum absolute atomic E-state index is 14.3. The highest BCUT2D eigenvalue weighted by Crippen LogP contribution is 2.21. The topological polar surface area (TPSA) is 77.7 Å². The van der Waals surface area contributed by atoms with Gasteiger partial charge in [-0.2, -0.15) is 4.99 Å². The third kappa shape index (κ3) is 4.00. The van der Waals surface area contributed by atoms with Crippen LogP contribution in [0.25, 0.3) is 10.2 Å². The number of hydrogen-bond acceptors (Lipinski definition) is 5. The van der Waals surface area contributed by atoms with Gasteiger partial charge in [0.25, 0.3) is 5.91 Å². The number of methoxy groups -OCH3 is 1. The first-order valence-electron chi connectivity index (χ1n) is 7.98. The highest BCUT2D eigenvalue weighted by molar-refractivity contribution is 7.90. The van der Waals surface area contributed by atoms with Crippen LogP contribution < -0.4 is 4.80 Å². The molecule has 1 amide bonds. The van der Waals surface area contributed by atoms with E-state index >= 15 is 0 Å². The molecule has 6 nitrogen and oxygen atoms in total. The number of rotatable bonds is 5. The van der Waals surface area contributed by atoms with Gasteiger partial charge in [-0.25, -0.2) is 12.8 Å². The minimum Gasteiger partial charge on any atom is -0.383 e. The van der Waals surface area contributed by atoms with Crippen LogP contribution in [0, 0.1) is 5.82 Å². The summed E-state index contributed by atoms with van der Waals surface area (Å²) in [6.07, 6.45) is 1.03. The fourth-order valence-electron chi connectivity index (χ4n) is 2.68. The second-order valence-corrected chi connectivity index (χ2v) is 8.79. The predicted octanol–water partition coefficient (Wildman–Crippen LogP) is 2.63. The van der Waals surface area contributed by atoms with Gasteiger partial charge in [-0.3, -0.25) is 4.79 Å². The average Bonchev–Trinajstić information content (AvgIpc) is 2.97. The maximum atomic E-state index is 14.3. The van der Waals surface area contributed by atoms with Gasteiger partial charge in [0.2, 0.25) is 0 Å². The molecule has 3 rings (SSSR count). The van der Waals surface area contributed by atoms with Crippen molar-refractivity contribution >= 4 is 37.3 Å². The number of nitrogens with zero attached hydrogens (tertiary/aromatic N) is 2. The molecule has 27 heavy (non-hydrogen) atoms. The molecule has 0 aliphatic carbocycles. The van der Waals surface area contributed by atoms with Gasteiger partial charge < -0.3 is 9.30 Å². The summed E-state index contributed by atoms with van der Waals surface area (Å²) in [5.74, 6) is -1.13. The van der Waals surface area contributed by atoms with E-state index in [4.69, 9.17) is 4.74 Å². The van der Waals surface area contributed by atoms with Crippen LogP contribution in [-0.2, 0) is 21.1 Å². The lowest BCUT2D eigenvalue weighted by Gasteiger charge is -2.06. The van der Waals surface area contributed by atoms with Gasteiger partial charge in [0, 0.05) is 19.9 Å². The van der Waals surface area contributed by atoms with Crippen molar-refractivity contribution in [3.63, 3.8) is 0 Å². The number of sulfone groups is 1. The minimum absolute atomic E-state index is 0.0174. The Kier molecular flexibility index (Phi) is 5.54. The van der Waals surface area contributed by atoms with Crippen molar-refractivity contribution in [3.05, 3.63) is 58.6 Å². The van der Waals surface area contributed by atoms with Crippen molar-refractivity contribution in [2.45, 2.75) is 11.4 Å². The van der Waals surface area contributed by atoms with Crippen LogP contribution in [0.4, 0.5) is 4.39 Å². The summed E-state index contributed by atoms with van der Waals surface area (Å²) in [6, 6.07) is 10.5. The van der Waals surface area contributed by atoms with E-state index in [1.165, 1.54) is 25.3 Å². The van der Waals surface area contributed by atoms with Crippen LogP contribution in [-0.4, -0.2) is 38.9 Å². The van der Waals surface area contributed by atoms with Crippen molar-refractivity contribution in [2.75, 3.05) is 20.0 Å². The molecular formula is C18H17FN2O4S2. The summed E-state index contributed by atoms with van der Waals surface area (Å²) >= 11 is 1.16. The average molecular weight is 408 g/mol. The molecule has 0 N–H and O–H groups in total. The van der Waals surface area contributed by atoms with E-state index in [-0.39, 0.29) is 15.3 Å². The smallest absolute Gasteiger partial charge is 0.280 e. The Morgan fingerprint density at radius 1 is 1.22 bits per heavy atom. The second-order valence-electron chi connectivity index (χ2n) is 5.80. The normalized spacial score (nSPS) is 12.6. The zero-order valence-corrected chi connectivity index (χ0v) is 16.3. The fourth-order valence-corrected chi connectivity index (χ4v) is 4.63. The zero-order chi connectivity index (χ0) is 19.6. The lowest BCUT2D eigenvalue weighted by molar-refractivity contribution is 0.0994. The van der Waals surface area contributed by atoms with Crippen LogP contribution in [0.5, 0.6) is 0 Å². The van der Waals surface area contributed by atoms with Gasteiger partial charge in [0.05, 0.1) is 27.3 Å². The molecule has 0 spiro atoms. The van der Waals surface area contributed by atoms with Gasteiger partial charge in [-0.15, -0.1) is 0 Å². The van der Waals surface area contributed by atoms with E-state index in [1.54, 1.807) is 28.8 Å². The SMILES string of the molecule is COCCn1c(=NC(=O)c2ccccc2S(C)(=O)=O)sc2cccc(F)c21. The van der Waals surface area contributed by atoms with Gasteiger partial charge in [0.15, 0.2) is 14.6 Å². The Balaban J connectivity index is 2.20. The number of aromatic nitrogens is 1. The molecule has 0 atom stereocenters. The highest BCUT2D eigenvalue weighted by Gasteiger charge is 2.19. The van der Waals surface area contributed by atoms with Gasteiger partial charge in [0.1, 0.15) is 5.82 Å². The number of amides is 1. The van der Waals surface area contributed by atoms with Crippen LogP contribution in [0.1, 0.15) is 10.4 Å². The molecule has 0 aliphatic rings. The maximum Gasteiger partial charge on any atom is 0.280 e. The number of carbonyl (C=O) groups excluding carboxylic acids is 1. The molecule has 0 aliphatic heterocycles. The molecule has 142 valence electrons. The number of hydrogen-bond donors (Lipinski definition) is 0. The lowest BCUT2D eigenvalue weighted by atomic mass is 10.2. The summed E-state index contributed by atoms with van der Waals surface area (Å²) < 4.78 is 45.5. The molecule has 0 fully saturated rings. The quantitative estimate of drug-likeness (QED) is 0.650. The Bertz CT molecular complexity index is 1180. The first-order valence-corrected chi connectivity index (χ1v) is 10.7. The summed E-state index contributed by atoms with van der Waals surface area (Å²) in [7, 11) is -2.07. The first kappa shape index (κ1) is 19.4. The number of carbonyl (C=O) groups is 1. The van der Waals surface area contributed by atoms with Crippen LogP contribution in [0.15, 0.2) is 52.4 Å². The Labute approximate surface area is 159 Å². The first-order chi connectivity index (χ1) is 12.8. The molecule has 0 radical (unpaired) electrons. The van der Waals surface area contributed by atoms with Crippen molar-refractivity contribution in [1.82, 2.24) is 4.57 Å². The predicted molar refractivity (Wildman–Crippen MR) is 101 cm³/mol. The largest absolute Gasteiger partial charge is 0.383 e. The van der Waals surface area contributed by atoms with Crippen molar-refractivity contribution in [1.29, 1.82) is 0 Å². The van der Waals surface area contributed by atoms with E-state index < -0.39 is 21.6 Å². The number of halogens is 1.